The quantitative estimate of drug-likeness (QED) is 0.265. The molecule has 0 aliphatic heterocycles. The summed E-state index contributed by atoms with van der Waals surface area (Å²) in [5.41, 5.74) is -0.724. The lowest BCUT2D eigenvalue weighted by molar-refractivity contribution is 0.0685. The summed E-state index contributed by atoms with van der Waals surface area (Å²) in [6.45, 7) is 1.75. The van der Waals surface area contributed by atoms with E-state index in [1.54, 1.807) is 6.92 Å². The lowest BCUT2D eigenvalue weighted by atomic mass is 10.0. The minimum Gasteiger partial charge on any atom is -0.504 e. The molecule has 0 unspecified atom stereocenters. The molecule has 0 atom stereocenters. The minimum absolute atomic E-state index is 0.00546. The monoisotopic (exact) mass is 364 g/mol. The number of ether oxygens (including phenoxy) is 1. The first kappa shape index (κ1) is 18.7. The first-order valence-electron chi connectivity index (χ1n) is 7.45. The molecule has 0 spiro atoms. The van der Waals surface area contributed by atoms with Crippen LogP contribution in [0.2, 0.25) is 0 Å². The van der Waals surface area contributed by atoms with Gasteiger partial charge in [-0.2, -0.15) is 0 Å². The highest BCUT2D eigenvalue weighted by molar-refractivity contribution is 5.96. The smallest absolute Gasteiger partial charge is 0.344 e. The van der Waals surface area contributed by atoms with Gasteiger partial charge in [0.15, 0.2) is 23.0 Å². The van der Waals surface area contributed by atoms with Crippen LogP contribution in [0, 0.1) is 0 Å². The van der Waals surface area contributed by atoms with Gasteiger partial charge in [0.25, 0.3) is 0 Å². The van der Waals surface area contributed by atoms with E-state index in [-0.39, 0.29) is 17.5 Å². The molecule has 2 aromatic rings. The second-order valence-electron chi connectivity index (χ2n) is 5.41. The van der Waals surface area contributed by atoms with Crippen molar-refractivity contribution in [2.45, 2.75) is 19.8 Å². The Bertz CT molecular complexity index is 887. The Hall–Kier alpha value is -3.62. The molecule has 0 amide bonds. The average Bonchev–Trinajstić information content (AvgIpc) is 2.58. The number of aromatic carboxylic acids is 1. The fraction of sp³-hybridized carbons (Fsp3) is 0.176. The molecule has 0 aliphatic rings. The first-order valence-corrected chi connectivity index (χ1v) is 7.45. The molecule has 2 aromatic carbocycles. The Morgan fingerprint density at radius 1 is 0.923 bits per heavy atom. The zero-order valence-electron chi connectivity index (χ0n) is 13.6. The molecule has 138 valence electrons. The van der Waals surface area contributed by atoms with Gasteiger partial charge >= 0.3 is 11.9 Å². The Balaban J connectivity index is 2.50. The molecule has 9 nitrogen and oxygen atoms in total. The number of phenols is 5. The van der Waals surface area contributed by atoms with Crippen molar-refractivity contribution in [2.75, 3.05) is 0 Å². The molecular weight excluding hydrogens is 348 g/mol. The van der Waals surface area contributed by atoms with Crippen molar-refractivity contribution in [1.29, 1.82) is 0 Å². The summed E-state index contributed by atoms with van der Waals surface area (Å²) < 4.78 is 4.92. The molecule has 26 heavy (non-hydrogen) atoms. The maximum atomic E-state index is 12.4. The van der Waals surface area contributed by atoms with Gasteiger partial charge in [0.1, 0.15) is 0 Å². The number of hydrogen-bond donors (Lipinski definition) is 6. The summed E-state index contributed by atoms with van der Waals surface area (Å²) in [4.78, 5) is 23.4. The molecule has 6 N–H and O–H groups in total. The second-order valence-corrected chi connectivity index (χ2v) is 5.41. The molecule has 0 aromatic heterocycles. The van der Waals surface area contributed by atoms with Crippen molar-refractivity contribution >= 4 is 11.9 Å². The van der Waals surface area contributed by atoms with E-state index in [2.05, 4.69) is 0 Å². The van der Waals surface area contributed by atoms with Crippen LogP contribution in [0.5, 0.6) is 34.5 Å². The predicted octanol–water partition coefficient (Wildman–Crippen LogP) is 2.08. The fourth-order valence-corrected chi connectivity index (χ4v) is 2.32. The third-order valence-electron chi connectivity index (χ3n) is 3.58. The Morgan fingerprint density at radius 2 is 1.54 bits per heavy atom. The molecule has 9 heteroatoms. The van der Waals surface area contributed by atoms with Gasteiger partial charge in [-0.3, -0.25) is 0 Å². The van der Waals surface area contributed by atoms with E-state index in [0.29, 0.717) is 6.42 Å². The molecular formula is C17H16O9. The summed E-state index contributed by atoms with van der Waals surface area (Å²) >= 11 is 0. The number of hydrogen-bond acceptors (Lipinski definition) is 8. The van der Waals surface area contributed by atoms with Crippen molar-refractivity contribution in [3.05, 3.63) is 34.9 Å². The summed E-state index contributed by atoms with van der Waals surface area (Å²) in [6, 6.07) is 2.48. The van der Waals surface area contributed by atoms with Crippen LogP contribution >= 0.6 is 0 Å². The van der Waals surface area contributed by atoms with Crippen molar-refractivity contribution in [3.63, 3.8) is 0 Å². The maximum absolute atomic E-state index is 12.4. The largest absolute Gasteiger partial charge is 0.504 e. The van der Waals surface area contributed by atoms with Crippen molar-refractivity contribution in [3.8, 4) is 34.5 Å². The lowest BCUT2D eigenvalue weighted by Crippen LogP contribution is -2.12. The van der Waals surface area contributed by atoms with Crippen LogP contribution in [0.3, 0.4) is 0 Å². The number of carbonyl (C=O) groups excluding carboxylic acids is 1. The van der Waals surface area contributed by atoms with Crippen LogP contribution in [0.15, 0.2) is 18.2 Å². The van der Waals surface area contributed by atoms with Crippen LogP contribution < -0.4 is 4.74 Å². The van der Waals surface area contributed by atoms with E-state index >= 15 is 0 Å². The van der Waals surface area contributed by atoms with E-state index in [1.165, 1.54) is 0 Å². The van der Waals surface area contributed by atoms with Crippen LogP contribution in [-0.2, 0) is 6.42 Å². The van der Waals surface area contributed by atoms with E-state index in [0.717, 1.165) is 18.2 Å². The molecule has 0 bridgehead atoms. The third kappa shape index (κ3) is 3.41. The van der Waals surface area contributed by atoms with Gasteiger partial charge < -0.3 is 35.4 Å². The Morgan fingerprint density at radius 3 is 2.12 bits per heavy atom. The van der Waals surface area contributed by atoms with Gasteiger partial charge in [-0.15, -0.1) is 0 Å². The van der Waals surface area contributed by atoms with E-state index in [4.69, 9.17) is 9.84 Å². The number of aromatic hydroxyl groups is 5. The van der Waals surface area contributed by atoms with Gasteiger partial charge in [0.05, 0.1) is 11.1 Å². The number of esters is 1. The van der Waals surface area contributed by atoms with Gasteiger partial charge in [0, 0.05) is 5.56 Å². The lowest BCUT2D eigenvalue weighted by Gasteiger charge is -2.14. The second kappa shape index (κ2) is 7.09. The molecule has 0 fully saturated rings. The summed E-state index contributed by atoms with van der Waals surface area (Å²) in [5, 5.41) is 57.4. The molecule has 0 aliphatic carbocycles. The van der Waals surface area contributed by atoms with Crippen LogP contribution in [-0.4, -0.2) is 42.6 Å². The molecule has 0 radical (unpaired) electrons. The molecule has 0 saturated carbocycles. The summed E-state index contributed by atoms with van der Waals surface area (Å²) in [7, 11) is 0. The van der Waals surface area contributed by atoms with Crippen molar-refractivity contribution in [1.82, 2.24) is 0 Å². The van der Waals surface area contributed by atoms with Gasteiger partial charge in [-0.25, -0.2) is 9.59 Å². The standard InChI is InChI=1S/C17H16O9/c1-2-3-8-9(6-11(19)15(22)13(8)20)17(25)26-12-5-7(16(23)24)4-10(18)14(12)21/h4-6,18-22H,2-3H2,1H3,(H,23,24). The molecule has 2 rings (SSSR count). The minimum atomic E-state index is -1.43. The highest BCUT2D eigenvalue weighted by Crippen LogP contribution is 2.41. The van der Waals surface area contributed by atoms with Crippen LogP contribution in [0.1, 0.15) is 39.6 Å². The fourth-order valence-electron chi connectivity index (χ4n) is 2.32. The van der Waals surface area contributed by atoms with Gasteiger partial charge in [-0.05, 0) is 24.6 Å². The number of carbonyl (C=O) groups is 2. The number of carboxylic acids is 1. The zero-order chi connectivity index (χ0) is 19.6. The SMILES string of the molecule is CCCc1c(C(=O)Oc2cc(C(=O)O)cc(O)c2O)cc(O)c(O)c1O. The van der Waals surface area contributed by atoms with Gasteiger partial charge in [0.2, 0.25) is 11.5 Å². The Labute approximate surface area is 147 Å². The number of rotatable bonds is 5. The van der Waals surface area contributed by atoms with Crippen molar-refractivity contribution in [2.24, 2.45) is 0 Å². The predicted molar refractivity (Wildman–Crippen MR) is 87.1 cm³/mol. The molecule has 0 heterocycles. The number of benzene rings is 2. The van der Waals surface area contributed by atoms with E-state index in [1.807, 2.05) is 0 Å². The van der Waals surface area contributed by atoms with Crippen molar-refractivity contribution < 1.29 is 45.0 Å². The van der Waals surface area contributed by atoms with Gasteiger partial charge in [-0.1, -0.05) is 13.3 Å². The zero-order valence-corrected chi connectivity index (χ0v) is 13.6. The van der Waals surface area contributed by atoms with E-state index < -0.39 is 52.0 Å². The topological polar surface area (TPSA) is 165 Å². The number of carboxylic acid groups (broad SMARTS) is 1. The Kier molecular flexibility index (Phi) is 5.11. The maximum Gasteiger partial charge on any atom is 0.344 e. The van der Waals surface area contributed by atoms with Crippen LogP contribution in [0.4, 0.5) is 0 Å². The molecule has 0 saturated heterocycles. The highest BCUT2D eigenvalue weighted by atomic mass is 16.5. The van der Waals surface area contributed by atoms with Crippen LogP contribution in [0.25, 0.3) is 0 Å². The first-order chi connectivity index (χ1) is 12.2. The van der Waals surface area contributed by atoms with E-state index in [9.17, 15) is 35.1 Å². The number of phenolic OH excluding ortho intramolecular Hbond substituents is 5. The average molecular weight is 364 g/mol. The summed E-state index contributed by atoms with van der Waals surface area (Å²) in [6.07, 6.45) is 0.648. The third-order valence-corrected chi connectivity index (χ3v) is 3.58. The normalized spacial score (nSPS) is 10.5. The summed E-state index contributed by atoms with van der Waals surface area (Å²) in [5.74, 6) is -7.10. The highest BCUT2D eigenvalue weighted by Gasteiger charge is 2.24.